The molecule has 188 valence electrons. The van der Waals surface area contributed by atoms with Crippen LogP contribution in [-0.2, 0) is 27.7 Å². The number of aryl methyl sites for hydroxylation is 1. The Morgan fingerprint density at radius 3 is 2.74 bits per heavy atom. The maximum Gasteiger partial charge on any atom is 0.305 e. The molecule has 0 aliphatic heterocycles. The number of sulfonamides is 1. The average molecular weight is 530 g/mol. The van der Waals surface area contributed by atoms with Crippen molar-refractivity contribution in [1.82, 2.24) is 15.2 Å². The van der Waals surface area contributed by atoms with Gasteiger partial charge in [0.15, 0.2) is 0 Å². The second-order valence-electron chi connectivity index (χ2n) is 8.05. The van der Waals surface area contributed by atoms with Crippen LogP contribution in [0.3, 0.4) is 0 Å². The van der Waals surface area contributed by atoms with E-state index < -0.39 is 10.0 Å². The minimum Gasteiger partial charge on any atom is -0.506 e. The summed E-state index contributed by atoms with van der Waals surface area (Å²) < 4.78 is 25.3. The molecule has 3 rings (SSSR count). The second kappa shape index (κ2) is 13.2. The summed E-state index contributed by atoms with van der Waals surface area (Å²) in [7, 11) is -3.53. The number of H-pyrrole nitrogens is 1. The molecule has 3 aromatic rings. The van der Waals surface area contributed by atoms with Gasteiger partial charge in [-0.05, 0) is 56.3 Å². The van der Waals surface area contributed by atoms with E-state index in [1.54, 1.807) is 6.07 Å². The number of thiazole rings is 1. The van der Waals surface area contributed by atoms with E-state index in [1.165, 1.54) is 0 Å². The summed E-state index contributed by atoms with van der Waals surface area (Å²) in [5, 5.41) is 13.3. The van der Waals surface area contributed by atoms with Crippen LogP contribution in [-0.4, -0.2) is 43.5 Å². The Balaban J connectivity index is 0.00000408. The number of nitrogens with one attached hydrogen (secondary N) is 3. The van der Waals surface area contributed by atoms with E-state index in [0.717, 1.165) is 39.1 Å². The number of phenols is 1. The molecule has 8 nitrogen and oxygen atoms in total. The quantitative estimate of drug-likeness (QED) is 0.199. The summed E-state index contributed by atoms with van der Waals surface area (Å²) in [4.78, 5) is 21.5. The van der Waals surface area contributed by atoms with Gasteiger partial charge in [0.2, 0.25) is 10.0 Å². The predicted octanol–water partition coefficient (Wildman–Crippen LogP) is 3.42. The van der Waals surface area contributed by atoms with E-state index in [-0.39, 0.29) is 41.4 Å². The number of hydrogen-bond acceptors (Lipinski definition) is 7. The zero-order chi connectivity index (χ0) is 23.8. The van der Waals surface area contributed by atoms with Gasteiger partial charge in [0.05, 0.1) is 17.1 Å². The molecule has 11 heteroatoms. The lowest BCUT2D eigenvalue weighted by Crippen LogP contribution is -2.35. The van der Waals surface area contributed by atoms with Crippen molar-refractivity contribution in [2.24, 2.45) is 0 Å². The smallest absolute Gasteiger partial charge is 0.305 e. The molecule has 1 aromatic heterocycles. The van der Waals surface area contributed by atoms with Crippen LogP contribution in [0.1, 0.15) is 36.5 Å². The van der Waals surface area contributed by atoms with E-state index in [4.69, 9.17) is 4.84 Å². The third-order valence-electron chi connectivity index (χ3n) is 5.46. The Morgan fingerprint density at radius 2 is 2.00 bits per heavy atom. The third kappa shape index (κ3) is 8.37. The molecule has 1 atom stereocenters. The third-order valence-corrected chi connectivity index (χ3v) is 7.56. The molecule has 4 N–H and O–H groups in total. The number of aromatic hydroxyl groups is 1. The molecule has 0 saturated heterocycles. The van der Waals surface area contributed by atoms with Gasteiger partial charge < -0.3 is 15.4 Å². The van der Waals surface area contributed by atoms with Crippen molar-refractivity contribution in [3.63, 3.8) is 0 Å². The van der Waals surface area contributed by atoms with Gasteiger partial charge in [0.25, 0.3) is 0 Å². The Labute approximate surface area is 210 Å². The largest absolute Gasteiger partial charge is 0.506 e. The number of aromatic nitrogens is 1. The number of hydrogen-bond donors (Lipinski definition) is 4. The fourth-order valence-electron chi connectivity index (χ4n) is 3.64. The molecule has 0 aliphatic rings. The molecular formula is C23H32ClN3O5S2. The first kappa shape index (κ1) is 28.3. The summed E-state index contributed by atoms with van der Waals surface area (Å²) in [6.07, 6.45) is 2.53. The highest BCUT2D eigenvalue weighted by Gasteiger charge is 2.15. The van der Waals surface area contributed by atoms with Crippen LogP contribution in [0.4, 0.5) is 0 Å². The fourth-order valence-corrected chi connectivity index (χ4v) is 5.48. The van der Waals surface area contributed by atoms with Gasteiger partial charge in [-0.1, -0.05) is 59.0 Å². The van der Waals surface area contributed by atoms with E-state index in [1.807, 2.05) is 38.1 Å². The van der Waals surface area contributed by atoms with Gasteiger partial charge in [-0.2, -0.15) is 0 Å². The number of halogens is 1. The lowest BCUT2D eigenvalue weighted by molar-refractivity contribution is 0.0958. The van der Waals surface area contributed by atoms with Crippen LogP contribution < -0.4 is 15.1 Å². The van der Waals surface area contributed by atoms with Crippen molar-refractivity contribution in [1.29, 1.82) is 0 Å². The van der Waals surface area contributed by atoms with E-state index in [9.17, 15) is 18.3 Å². The summed E-state index contributed by atoms with van der Waals surface area (Å²) in [5.74, 6) is 0.0246. The zero-order valence-electron chi connectivity index (χ0n) is 19.3. The lowest BCUT2D eigenvalue weighted by Gasteiger charge is -2.17. The number of benzene rings is 2. The van der Waals surface area contributed by atoms with Crippen LogP contribution >= 0.6 is 23.7 Å². The van der Waals surface area contributed by atoms with Crippen molar-refractivity contribution in [2.75, 3.05) is 18.9 Å². The Kier molecular flexibility index (Phi) is 11.0. The van der Waals surface area contributed by atoms with Crippen LogP contribution in [0.2, 0.25) is 0 Å². The highest BCUT2D eigenvalue weighted by atomic mass is 35.5. The standard InChI is InChI=1S/C23H31N3O5S2.ClH/c1-3-19(24-12-9-18-7-8-20(27)21-22(18)32-23(28)25-21)11-14-33(29,30)26-31-13-10-17-6-4-5-16(2)15-17;/h4-8,15,19,24,26-27H,3,9-14H2,1-2H3,(H,25,28);1H. The maximum atomic E-state index is 12.3. The van der Waals surface area contributed by atoms with Crippen LogP contribution in [0, 0.1) is 6.92 Å². The minimum atomic E-state index is -3.53. The molecule has 1 heterocycles. The van der Waals surface area contributed by atoms with Gasteiger partial charge in [-0.15, -0.1) is 12.4 Å². The van der Waals surface area contributed by atoms with Crippen LogP contribution in [0.25, 0.3) is 10.2 Å². The maximum absolute atomic E-state index is 12.3. The molecule has 0 aliphatic carbocycles. The van der Waals surface area contributed by atoms with Crippen molar-refractivity contribution in [2.45, 2.75) is 45.6 Å². The topological polar surface area (TPSA) is 121 Å². The molecule has 0 spiro atoms. The molecule has 0 bridgehead atoms. The number of aromatic amines is 1. The van der Waals surface area contributed by atoms with Crippen molar-refractivity contribution < 1.29 is 18.4 Å². The predicted molar refractivity (Wildman–Crippen MR) is 140 cm³/mol. The molecule has 34 heavy (non-hydrogen) atoms. The first-order valence-corrected chi connectivity index (χ1v) is 13.5. The van der Waals surface area contributed by atoms with E-state index in [0.29, 0.717) is 31.3 Å². The first-order chi connectivity index (χ1) is 15.8. The SMILES string of the molecule is CCC(CCS(=O)(=O)NOCCc1cccc(C)c1)NCCc1ccc(O)c2[nH]c(=O)sc12.Cl. The molecule has 0 saturated carbocycles. The molecular weight excluding hydrogens is 498 g/mol. The molecule has 0 amide bonds. The van der Waals surface area contributed by atoms with Gasteiger partial charge in [0.1, 0.15) is 11.3 Å². The van der Waals surface area contributed by atoms with Crippen LogP contribution in [0.15, 0.2) is 41.2 Å². The lowest BCUT2D eigenvalue weighted by atomic mass is 10.1. The minimum absolute atomic E-state index is 0. The molecule has 0 radical (unpaired) electrons. The van der Waals surface area contributed by atoms with Crippen LogP contribution in [0.5, 0.6) is 5.75 Å². The highest BCUT2D eigenvalue weighted by molar-refractivity contribution is 7.89. The monoisotopic (exact) mass is 529 g/mol. The van der Waals surface area contributed by atoms with Gasteiger partial charge in [-0.3, -0.25) is 9.63 Å². The zero-order valence-corrected chi connectivity index (χ0v) is 21.7. The summed E-state index contributed by atoms with van der Waals surface area (Å²) in [6.45, 7) is 4.92. The Hall–Kier alpha value is -1.95. The summed E-state index contributed by atoms with van der Waals surface area (Å²) >= 11 is 1.08. The van der Waals surface area contributed by atoms with Crippen molar-refractivity contribution >= 4 is 44.0 Å². The molecule has 0 fully saturated rings. The van der Waals surface area contributed by atoms with Gasteiger partial charge in [0, 0.05) is 6.04 Å². The molecule has 1 unspecified atom stereocenters. The number of fused-ring (bicyclic) bond motifs is 1. The van der Waals surface area contributed by atoms with Crippen molar-refractivity contribution in [3.05, 3.63) is 62.8 Å². The molecule has 2 aromatic carbocycles. The Bertz CT molecular complexity index is 1230. The van der Waals surface area contributed by atoms with Crippen molar-refractivity contribution in [3.8, 4) is 5.75 Å². The van der Waals surface area contributed by atoms with Gasteiger partial charge in [-0.25, -0.2) is 8.42 Å². The summed E-state index contributed by atoms with van der Waals surface area (Å²) in [5.41, 5.74) is 3.69. The highest BCUT2D eigenvalue weighted by Crippen LogP contribution is 2.27. The van der Waals surface area contributed by atoms with E-state index >= 15 is 0 Å². The summed E-state index contributed by atoms with van der Waals surface area (Å²) in [6, 6.07) is 11.4. The fraction of sp³-hybridized carbons (Fsp3) is 0.435. The van der Waals surface area contributed by atoms with Gasteiger partial charge >= 0.3 is 4.87 Å². The average Bonchev–Trinajstić information content (AvgIpc) is 3.18. The van der Waals surface area contributed by atoms with E-state index in [2.05, 4.69) is 21.3 Å². The normalized spacial score (nSPS) is 12.5. The first-order valence-electron chi connectivity index (χ1n) is 11.0. The second-order valence-corrected chi connectivity index (χ2v) is 10.8. The Morgan fingerprint density at radius 1 is 1.21 bits per heavy atom. The number of rotatable bonds is 13. The number of phenolic OH excluding ortho intramolecular Hbond substituents is 1.